The molecular weight excluding hydrogens is 463 g/mol. The molecule has 0 bridgehead atoms. The number of carbonyl (C=O) groups excluding carboxylic acids is 2. The van der Waals surface area contributed by atoms with Gasteiger partial charge in [-0.2, -0.15) is 5.26 Å². The number of carbonyl (C=O) groups is 2. The van der Waals surface area contributed by atoms with Crippen molar-refractivity contribution in [1.29, 1.82) is 5.26 Å². The second-order valence-corrected chi connectivity index (χ2v) is 8.54. The highest BCUT2D eigenvalue weighted by Gasteiger charge is 2.25. The fourth-order valence-corrected chi connectivity index (χ4v) is 4.94. The number of anilines is 1. The molecule has 0 spiro atoms. The standard InChI is InChI=1S/C19H17IN2O3S/c1-11-6-7-12-14(9-21)18(26-16(12)8-11)22-17(23)10-25-19(24)13-4-2-3-5-15(13)20/h2-5,11H,6-8,10H2,1H3,(H,22,23)/t11-/m0/s1. The van der Waals surface area contributed by atoms with Crippen LogP contribution >= 0.6 is 33.9 Å². The van der Waals surface area contributed by atoms with E-state index in [4.69, 9.17) is 4.74 Å². The van der Waals surface area contributed by atoms with E-state index in [0.717, 1.165) is 28.4 Å². The van der Waals surface area contributed by atoms with Crippen LogP contribution in [-0.4, -0.2) is 18.5 Å². The van der Waals surface area contributed by atoms with Gasteiger partial charge >= 0.3 is 5.97 Å². The van der Waals surface area contributed by atoms with Crippen molar-refractivity contribution in [3.8, 4) is 6.07 Å². The van der Waals surface area contributed by atoms with E-state index in [1.54, 1.807) is 18.2 Å². The minimum Gasteiger partial charge on any atom is -0.452 e. The molecule has 3 rings (SSSR count). The lowest BCUT2D eigenvalue weighted by atomic mass is 9.89. The maximum Gasteiger partial charge on any atom is 0.339 e. The highest BCUT2D eigenvalue weighted by molar-refractivity contribution is 14.1. The molecule has 1 amide bonds. The molecule has 0 fully saturated rings. The number of hydrogen-bond donors (Lipinski definition) is 1. The Morgan fingerprint density at radius 3 is 2.92 bits per heavy atom. The summed E-state index contributed by atoms with van der Waals surface area (Å²) in [6.45, 7) is 1.81. The van der Waals surface area contributed by atoms with Crippen molar-refractivity contribution in [1.82, 2.24) is 0 Å². The number of benzene rings is 1. The number of thiophene rings is 1. The van der Waals surface area contributed by atoms with Crippen molar-refractivity contribution in [2.24, 2.45) is 5.92 Å². The Bertz CT molecular complexity index is 901. The van der Waals surface area contributed by atoms with E-state index >= 15 is 0 Å². The predicted molar refractivity (Wildman–Crippen MR) is 108 cm³/mol. The van der Waals surface area contributed by atoms with Crippen LogP contribution in [0.4, 0.5) is 5.00 Å². The molecule has 1 N–H and O–H groups in total. The van der Waals surface area contributed by atoms with Crippen molar-refractivity contribution < 1.29 is 14.3 Å². The average molecular weight is 480 g/mol. The molecule has 1 aliphatic rings. The first-order valence-electron chi connectivity index (χ1n) is 8.25. The van der Waals surface area contributed by atoms with E-state index in [2.05, 4.69) is 18.3 Å². The maximum atomic E-state index is 12.2. The zero-order valence-corrected chi connectivity index (χ0v) is 17.1. The molecule has 0 aliphatic heterocycles. The van der Waals surface area contributed by atoms with Crippen LogP contribution < -0.4 is 5.32 Å². The first kappa shape index (κ1) is 18.9. The minimum absolute atomic E-state index is 0.381. The summed E-state index contributed by atoms with van der Waals surface area (Å²) in [6, 6.07) is 9.24. The number of hydrogen-bond acceptors (Lipinski definition) is 5. The normalized spacial score (nSPS) is 15.7. The molecule has 134 valence electrons. The lowest BCUT2D eigenvalue weighted by molar-refractivity contribution is -0.119. The summed E-state index contributed by atoms with van der Waals surface area (Å²) in [5.74, 6) is -0.386. The summed E-state index contributed by atoms with van der Waals surface area (Å²) in [5, 5.41) is 12.7. The number of nitriles is 1. The maximum absolute atomic E-state index is 12.2. The van der Waals surface area contributed by atoms with Gasteiger partial charge in [-0.15, -0.1) is 11.3 Å². The summed E-state index contributed by atoms with van der Waals surface area (Å²) in [7, 11) is 0. The Morgan fingerprint density at radius 2 is 2.19 bits per heavy atom. The molecule has 26 heavy (non-hydrogen) atoms. The number of halogens is 1. The molecule has 1 aromatic heterocycles. The average Bonchev–Trinajstić information content (AvgIpc) is 2.95. The monoisotopic (exact) mass is 480 g/mol. The van der Waals surface area contributed by atoms with Gasteiger partial charge in [0.05, 0.1) is 11.1 Å². The molecule has 1 aliphatic carbocycles. The fraction of sp³-hybridized carbons (Fsp3) is 0.316. The number of ether oxygens (including phenoxy) is 1. The number of amides is 1. The van der Waals surface area contributed by atoms with Crippen molar-refractivity contribution in [2.75, 3.05) is 11.9 Å². The van der Waals surface area contributed by atoms with Gasteiger partial charge in [0.2, 0.25) is 0 Å². The second-order valence-electron chi connectivity index (χ2n) is 6.27. The SMILES string of the molecule is C[C@H]1CCc2c(sc(NC(=O)COC(=O)c3ccccc3I)c2C#N)C1. The quantitative estimate of drug-likeness (QED) is 0.527. The Morgan fingerprint density at radius 1 is 1.42 bits per heavy atom. The van der Waals surface area contributed by atoms with Crippen LogP contribution in [0.5, 0.6) is 0 Å². The number of rotatable bonds is 4. The Balaban J connectivity index is 1.65. The summed E-state index contributed by atoms with van der Waals surface area (Å²) < 4.78 is 5.87. The third-order valence-electron chi connectivity index (χ3n) is 4.30. The summed E-state index contributed by atoms with van der Waals surface area (Å²) in [5.41, 5.74) is 2.04. The number of fused-ring (bicyclic) bond motifs is 1. The molecule has 2 aromatic rings. The molecular formula is C19H17IN2O3S. The van der Waals surface area contributed by atoms with E-state index in [1.165, 1.54) is 16.2 Å². The number of nitrogens with zero attached hydrogens (tertiary/aromatic N) is 1. The van der Waals surface area contributed by atoms with Gasteiger partial charge in [0.1, 0.15) is 11.1 Å². The van der Waals surface area contributed by atoms with Crippen LogP contribution in [0.3, 0.4) is 0 Å². The summed E-state index contributed by atoms with van der Waals surface area (Å²) in [4.78, 5) is 25.4. The largest absolute Gasteiger partial charge is 0.452 e. The van der Waals surface area contributed by atoms with E-state index < -0.39 is 11.9 Å². The summed E-state index contributed by atoms with van der Waals surface area (Å²) >= 11 is 3.50. The molecule has 0 saturated carbocycles. The Labute approximate surface area is 169 Å². The van der Waals surface area contributed by atoms with Gasteiger partial charge < -0.3 is 10.1 Å². The van der Waals surface area contributed by atoms with Crippen LogP contribution in [-0.2, 0) is 22.4 Å². The van der Waals surface area contributed by atoms with Crippen molar-refractivity contribution in [3.63, 3.8) is 0 Å². The van der Waals surface area contributed by atoms with Crippen LogP contribution in [0.25, 0.3) is 0 Å². The van der Waals surface area contributed by atoms with E-state index in [1.807, 2.05) is 28.7 Å². The second kappa shape index (κ2) is 8.18. The van der Waals surface area contributed by atoms with Gasteiger partial charge in [-0.1, -0.05) is 19.1 Å². The molecule has 1 atom stereocenters. The first-order chi connectivity index (χ1) is 12.5. The molecule has 1 heterocycles. The van der Waals surface area contributed by atoms with Crippen LogP contribution in [0.2, 0.25) is 0 Å². The highest BCUT2D eigenvalue weighted by atomic mass is 127. The predicted octanol–water partition coefficient (Wildman–Crippen LogP) is 4.14. The first-order valence-corrected chi connectivity index (χ1v) is 10.1. The van der Waals surface area contributed by atoms with Gasteiger partial charge in [-0.3, -0.25) is 4.79 Å². The lowest BCUT2D eigenvalue weighted by Gasteiger charge is -2.17. The third kappa shape index (κ3) is 4.07. The fourth-order valence-electron chi connectivity index (χ4n) is 2.96. The van der Waals surface area contributed by atoms with E-state index in [0.29, 0.717) is 22.0 Å². The molecule has 0 radical (unpaired) electrons. The summed E-state index contributed by atoms with van der Waals surface area (Å²) in [6.07, 6.45) is 2.86. The van der Waals surface area contributed by atoms with Gasteiger partial charge in [-0.25, -0.2) is 4.79 Å². The Kier molecular flexibility index (Phi) is 5.94. The number of nitrogens with one attached hydrogen (secondary N) is 1. The van der Waals surface area contributed by atoms with Crippen molar-refractivity contribution in [3.05, 3.63) is 49.4 Å². The zero-order chi connectivity index (χ0) is 18.7. The van der Waals surface area contributed by atoms with E-state index in [-0.39, 0.29) is 6.61 Å². The molecule has 7 heteroatoms. The number of esters is 1. The van der Waals surface area contributed by atoms with E-state index in [9.17, 15) is 14.9 Å². The molecule has 5 nitrogen and oxygen atoms in total. The van der Waals surface area contributed by atoms with Crippen molar-refractivity contribution >= 4 is 50.8 Å². The van der Waals surface area contributed by atoms with Crippen LogP contribution in [0, 0.1) is 20.8 Å². The van der Waals surface area contributed by atoms with Crippen LogP contribution in [0.15, 0.2) is 24.3 Å². The van der Waals surface area contributed by atoms with Gasteiger partial charge in [0.15, 0.2) is 6.61 Å². The Hall–Kier alpha value is -1.92. The highest BCUT2D eigenvalue weighted by Crippen LogP contribution is 2.39. The smallest absolute Gasteiger partial charge is 0.339 e. The van der Waals surface area contributed by atoms with Gasteiger partial charge in [-0.05, 0) is 65.5 Å². The molecule has 1 aromatic carbocycles. The lowest BCUT2D eigenvalue weighted by Crippen LogP contribution is -2.21. The van der Waals surface area contributed by atoms with Crippen LogP contribution in [0.1, 0.15) is 39.7 Å². The minimum atomic E-state index is -0.537. The van der Waals surface area contributed by atoms with Gasteiger partial charge in [0, 0.05) is 8.45 Å². The molecule has 0 saturated heterocycles. The third-order valence-corrected chi connectivity index (χ3v) is 6.42. The topological polar surface area (TPSA) is 79.2 Å². The van der Waals surface area contributed by atoms with Gasteiger partial charge in [0.25, 0.3) is 5.91 Å². The zero-order valence-electron chi connectivity index (χ0n) is 14.2. The van der Waals surface area contributed by atoms with Crippen molar-refractivity contribution in [2.45, 2.75) is 26.2 Å². The molecule has 0 unspecified atom stereocenters.